The summed E-state index contributed by atoms with van der Waals surface area (Å²) in [4.78, 5) is 12.8. The van der Waals surface area contributed by atoms with Crippen molar-refractivity contribution < 1.29 is 40.1 Å². The van der Waals surface area contributed by atoms with Gasteiger partial charge in [-0.05, 0) is 12.1 Å². The average Bonchev–Trinajstić information content (AvgIpc) is 2.68. The number of alkyl halides is 3. The zero-order valence-corrected chi connectivity index (χ0v) is 12.2. The highest BCUT2D eigenvalue weighted by Gasteiger charge is 2.36. The normalized spacial score (nSPS) is 19.2. The summed E-state index contributed by atoms with van der Waals surface area (Å²) in [5.74, 6) is -3.52. The van der Waals surface area contributed by atoms with E-state index in [0.717, 1.165) is 23.1 Å². The quantitative estimate of drug-likeness (QED) is 0.658. The topological polar surface area (TPSA) is 83.9 Å². The van der Waals surface area contributed by atoms with Crippen molar-refractivity contribution in [1.29, 1.82) is 0 Å². The number of carbonyl (C=O) groups is 1. The number of carbonyl (C=O) groups excluding carboxylic acids is 1. The van der Waals surface area contributed by atoms with Gasteiger partial charge in [0.05, 0.1) is 11.4 Å². The third-order valence-electron chi connectivity index (χ3n) is 3.11. The largest absolute Gasteiger partial charge is 0.573 e. The van der Waals surface area contributed by atoms with E-state index in [0.29, 0.717) is 0 Å². The molecule has 1 aliphatic rings. The molecule has 6 nitrogen and oxygen atoms in total. The van der Waals surface area contributed by atoms with Crippen LogP contribution in [0.25, 0.3) is 0 Å². The Kier molecular flexibility index (Phi) is 4.42. The molecule has 0 radical (unpaired) electrons. The summed E-state index contributed by atoms with van der Waals surface area (Å²) in [6.45, 7) is -0.245. The summed E-state index contributed by atoms with van der Waals surface area (Å²) in [6.07, 6.45) is -5.25. The van der Waals surface area contributed by atoms with Crippen LogP contribution in [0.3, 0.4) is 0 Å². The first-order valence-electron chi connectivity index (χ1n) is 6.26. The third-order valence-corrected chi connectivity index (χ3v) is 3.98. The number of amides is 1. The van der Waals surface area contributed by atoms with Gasteiger partial charge >= 0.3 is 16.6 Å². The van der Waals surface area contributed by atoms with Crippen molar-refractivity contribution >= 4 is 21.8 Å². The minimum absolute atomic E-state index is 0.245. The zero-order valence-electron chi connectivity index (χ0n) is 11.4. The molecule has 23 heavy (non-hydrogen) atoms. The van der Waals surface area contributed by atoms with Gasteiger partial charge in [-0.3, -0.25) is 4.79 Å². The highest BCUT2D eigenvalue weighted by Crippen LogP contribution is 2.37. The van der Waals surface area contributed by atoms with Crippen molar-refractivity contribution in [3.05, 3.63) is 18.2 Å². The van der Waals surface area contributed by atoms with Crippen LogP contribution in [0, 0.1) is 5.92 Å². The molecule has 11 heteroatoms. The lowest BCUT2D eigenvalue weighted by Crippen LogP contribution is -2.25. The highest BCUT2D eigenvalue weighted by molar-refractivity contribution is 7.86. The van der Waals surface area contributed by atoms with Crippen molar-refractivity contribution in [2.75, 3.05) is 17.2 Å². The first kappa shape index (κ1) is 17.3. The average molecular weight is 357 g/mol. The van der Waals surface area contributed by atoms with Gasteiger partial charge in [0, 0.05) is 24.9 Å². The second-order valence-corrected chi connectivity index (χ2v) is 6.39. The Morgan fingerprint density at radius 1 is 1.35 bits per heavy atom. The van der Waals surface area contributed by atoms with Gasteiger partial charge in [0.1, 0.15) is 11.5 Å². The summed E-state index contributed by atoms with van der Waals surface area (Å²) in [5.41, 5.74) is -0.268. The molecule has 1 aromatic rings. The van der Waals surface area contributed by atoms with E-state index in [2.05, 4.69) is 4.74 Å². The van der Waals surface area contributed by atoms with Crippen molar-refractivity contribution in [3.8, 4) is 11.5 Å². The molecule has 0 saturated carbocycles. The predicted molar refractivity (Wildman–Crippen MR) is 70.1 cm³/mol. The number of benzene rings is 1. The number of halogens is 4. The number of rotatable bonds is 4. The van der Waals surface area contributed by atoms with Crippen LogP contribution in [0.15, 0.2) is 18.2 Å². The van der Waals surface area contributed by atoms with E-state index in [-0.39, 0.29) is 18.7 Å². The molecule has 0 spiro atoms. The van der Waals surface area contributed by atoms with E-state index < -0.39 is 45.7 Å². The van der Waals surface area contributed by atoms with Crippen LogP contribution in [0.1, 0.15) is 6.42 Å². The van der Waals surface area contributed by atoms with Gasteiger partial charge in [0.2, 0.25) is 5.91 Å². The lowest BCUT2D eigenvalue weighted by Gasteiger charge is -2.19. The van der Waals surface area contributed by atoms with Crippen LogP contribution in [-0.4, -0.2) is 38.1 Å². The maximum Gasteiger partial charge on any atom is 0.573 e. The van der Waals surface area contributed by atoms with Gasteiger partial charge in [0.15, 0.2) is 0 Å². The molecule has 1 N–H and O–H groups in total. The molecule has 1 fully saturated rings. The summed E-state index contributed by atoms with van der Waals surface area (Å²) >= 11 is 0. The molecule has 1 aliphatic heterocycles. The van der Waals surface area contributed by atoms with Gasteiger partial charge in [0.25, 0.3) is 0 Å². The van der Waals surface area contributed by atoms with Gasteiger partial charge in [-0.25, -0.2) is 0 Å². The van der Waals surface area contributed by atoms with Crippen LogP contribution in [-0.2, 0) is 15.0 Å². The predicted octanol–water partition coefficient (Wildman–Crippen LogP) is 1.94. The Hall–Kier alpha value is -2.04. The Bertz CT molecular complexity index is 719. The molecule has 1 unspecified atom stereocenters. The third kappa shape index (κ3) is 4.71. The number of phenols is 1. The Morgan fingerprint density at radius 3 is 2.57 bits per heavy atom. The summed E-state index contributed by atoms with van der Waals surface area (Å²) in [7, 11) is -4.79. The lowest BCUT2D eigenvalue weighted by molar-refractivity contribution is -0.274. The Morgan fingerprint density at radius 2 is 2.00 bits per heavy atom. The summed E-state index contributed by atoms with van der Waals surface area (Å²) < 4.78 is 74.2. The number of hydrogen-bond donors (Lipinski definition) is 1. The van der Waals surface area contributed by atoms with Crippen LogP contribution in [0.5, 0.6) is 11.5 Å². The van der Waals surface area contributed by atoms with Gasteiger partial charge in [-0.2, -0.15) is 8.42 Å². The molecule has 1 saturated heterocycles. The SMILES string of the molecule is O=C1CC(CS(=O)(=O)F)CN1c1cc(OC(F)(F)F)ccc1O. The standard InChI is InChI=1S/C12H11F4NO5S/c13-12(14,15)22-8-1-2-10(18)9(4-8)17-5-7(3-11(17)19)6-23(16,20)21/h1-2,4,7,18H,3,5-6H2. The smallest absolute Gasteiger partial charge is 0.506 e. The summed E-state index contributed by atoms with van der Waals surface area (Å²) in [5, 5.41) is 9.71. The van der Waals surface area contributed by atoms with Crippen molar-refractivity contribution in [3.63, 3.8) is 0 Å². The van der Waals surface area contributed by atoms with Crippen LogP contribution in [0.4, 0.5) is 22.7 Å². The van der Waals surface area contributed by atoms with E-state index in [1.54, 1.807) is 0 Å². The van der Waals surface area contributed by atoms with Gasteiger partial charge in [-0.1, -0.05) is 0 Å². The van der Waals surface area contributed by atoms with E-state index in [1.165, 1.54) is 0 Å². The van der Waals surface area contributed by atoms with E-state index in [1.807, 2.05) is 0 Å². The molecule has 1 amide bonds. The van der Waals surface area contributed by atoms with Crippen LogP contribution >= 0.6 is 0 Å². The fraction of sp³-hybridized carbons (Fsp3) is 0.417. The molecule has 1 atom stereocenters. The van der Waals surface area contributed by atoms with E-state index in [4.69, 9.17) is 0 Å². The summed E-state index contributed by atoms with van der Waals surface area (Å²) in [6, 6.07) is 2.56. The maximum absolute atomic E-state index is 12.7. The molecule has 0 bridgehead atoms. The van der Waals surface area contributed by atoms with E-state index in [9.17, 15) is 35.4 Å². The number of anilines is 1. The van der Waals surface area contributed by atoms with Crippen LogP contribution < -0.4 is 9.64 Å². The first-order chi connectivity index (χ1) is 10.4. The molecule has 0 aromatic heterocycles. The molecule has 128 valence electrons. The molecule has 1 heterocycles. The van der Waals surface area contributed by atoms with Crippen molar-refractivity contribution in [1.82, 2.24) is 0 Å². The number of aromatic hydroxyl groups is 1. The molecular formula is C12H11F4NO5S. The second-order valence-electron chi connectivity index (χ2n) is 4.98. The zero-order chi connectivity index (χ0) is 17.4. The Balaban J connectivity index is 2.24. The molecule has 0 aliphatic carbocycles. The fourth-order valence-electron chi connectivity index (χ4n) is 2.32. The second kappa shape index (κ2) is 5.87. The highest BCUT2D eigenvalue weighted by atomic mass is 32.3. The maximum atomic E-state index is 12.7. The molecule has 1 aromatic carbocycles. The molecular weight excluding hydrogens is 346 g/mol. The minimum Gasteiger partial charge on any atom is -0.506 e. The fourth-order valence-corrected chi connectivity index (χ4v) is 3.11. The minimum atomic E-state index is -4.95. The molecule has 2 rings (SSSR count). The monoisotopic (exact) mass is 357 g/mol. The van der Waals surface area contributed by atoms with Gasteiger partial charge < -0.3 is 14.7 Å². The van der Waals surface area contributed by atoms with E-state index >= 15 is 0 Å². The number of nitrogens with zero attached hydrogens (tertiary/aromatic N) is 1. The number of phenolic OH excluding ortho intramolecular Hbond substituents is 1. The first-order valence-corrected chi connectivity index (χ1v) is 7.81. The number of hydrogen-bond acceptors (Lipinski definition) is 5. The van der Waals surface area contributed by atoms with Gasteiger partial charge in [-0.15, -0.1) is 17.1 Å². The van der Waals surface area contributed by atoms with Crippen molar-refractivity contribution in [2.24, 2.45) is 5.92 Å². The van der Waals surface area contributed by atoms with Crippen LogP contribution in [0.2, 0.25) is 0 Å². The Labute approximate surface area is 128 Å². The number of ether oxygens (including phenoxy) is 1. The van der Waals surface area contributed by atoms with Crippen molar-refractivity contribution in [2.45, 2.75) is 12.8 Å². The lowest BCUT2D eigenvalue weighted by atomic mass is 10.1.